The van der Waals surface area contributed by atoms with E-state index in [-0.39, 0.29) is 25.4 Å². The fourth-order valence-corrected chi connectivity index (χ4v) is 1.09. The van der Waals surface area contributed by atoms with Crippen LogP contribution in [0.2, 0.25) is 0 Å². The van der Waals surface area contributed by atoms with Crippen LogP contribution >= 0.6 is 0 Å². The van der Waals surface area contributed by atoms with Gasteiger partial charge in [-0.2, -0.15) is 0 Å². The predicted molar refractivity (Wildman–Crippen MR) is 52.8 cm³/mol. The van der Waals surface area contributed by atoms with E-state index in [0.717, 1.165) is 0 Å². The van der Waals surface area contributed by atoms with Gasteiger partial charge in [0.2, 0.25) is 5.91 Å². The first-order valence-corrected chi connectivity index (χ1v) is 4.51. The van der Waals surface area contributed by atoms with Gasteiger partial charge in [-0.05, 0) is 20.8 Å². The van der Waals surface area contributed by atoms with Crippen LogP contribution in [0.15, 0.2) is 0 Å². The van der Waals surface area contributed by atoms with E-state index in [0.29, 0.717) is 0 Å². The summed E-state index contributed by atoms with van der Waals surface area (Å²) in [5.41, 5.74) is 4.76. The van der Waals surface area contributed by atoms with Crippen molar-refractivity contribution in [3.63, 3.8) is 0 Å². The van der Waals surface area contributed by atoms with E-state index in [2.05, 4.69) is 0 Å². The Balaban J connectivity index is 4.55. The molecule has 0 saturated carbocycles. The van der Waals surface area contributed by atoms with Gasteiger partial charge in [-0.15, -0.1) is 0 Å². The van der Waals surface area contributed by atoms with Gasteiger partial charge in [-0.1, -0.05) is 0 Å². The Hall–Kier alpha value is -1.10. The molecule has 0 atom stereocenters. The van der Waals surface area contributed by atoms with Crippen molar-refractivity contribution in [2.75, 3.05) is 13.1 Å². The van der Waals surface area contributed by atoms with E-state index in [1.165, 1.54) is 4.90 Å². The zero-order valence-corrected chi connectivity index (χ0v) is 8.91. The molecule has 0 aliphatic heterocycles. The first-order valence-electron chi connectivity index (χ1n) is 4.51. The van der Waals surface area contributed by atoms with E-state index in [4.69, 9.17) is 10.8 Å². The molecular weight excluding hydrogens is 184 g/mol. The largest absolute Gasteiger partial charge is 0.480 e. The highest BCUT2D eigenvalue weighted by molar-refractivity contribution is 5.82. The second-order valence-corrected chi connectivity index (χ2v) is 4.08. The fourth-order valence-electron chi connectivity index (χ4n) is 1.09. The molecule has 0 aliphatic rings. The van der Waals surface area contributed by atoms with Gasteiger partial charge >= 0.3 is 5.97 Å². The number of hydrogen-bond acceptors (Lipinski definition) is 3. The number of nitrogens with two attached hydrogens (primary N) is 1. The number of aliphatic carboxylic acids is 1. The smallest absolute Gasteiger partial charge is 0.323 e. The number of carboxylic acids is 1. The number of carboxylic acid groups (broad SMARTS) is 1. The van der Waals surface area contributed by atoms with Crippen molar-refractivity contribution in [1.29, 1.82) is 0 Å². The highest BCUT2D eigenvalue weighted by atomic mass is 16.4. The molecule has 0 bridgehead atoms. The number of carbonyl (C=O) groups is 2. The lowest BCUT2D eigenvalue weighted by atomic mass is 10.1. The lowest BCUT2D eigenvalue weighted by Gasteiger charge is -2.34. The molecule has 0 aromatic heterocycles. The van der Waals surface area contributed by atoms with Gasteiger partial charge in [0.15, 0.2) is 0 Å². The molecule has 14 heavy (non-hydrogen) atoms. The normalized spacial score (nSPS) is 11.1. The summed E-state index contributed by atoms with van der Waals surface area (Å²) in [6, 6.07) is 0. The molecule has 3 N–H and O–H groups in total. The predicted octanol–water partition coefficient (Wildman–Crippen LogP) is 0.0469. The summed E-state index contributed by atoms with van der Waals surface area (Å²) < 4.78 is 0. The van der Waals surface area contributed by atoms with Crippen molar-refractivity contribution in [3.05, 3.63) is 0 Å². The van der Waals surface area contributed by atoms with E-state index < -0.39 is 11.5 Å². The molecule has 0 aromatic rings. The Morgan fingerprint density at radius 3 is 2.14 bits per heavy atom. The van der Waals surface area contributed by atoms with E-state index in [1.807, 2.05) is 0 Å². The van der Waals surface area contributed by atoms with E-state index >= 15 is 0 Å². The van der Waals surface area contributed by atoms with Crippen LogP contribution in [0.4, 0.5) is 0 Å². The van der Waals surface area contributed by atoms with Crippen LogP contribution < -0.4 is 5.73 Å². The maximum atomic E-state index is 11.5. The third-order valence-electron chi connectivity index (χ3n) is 1.76. The lowest BCUT2D eigenvalue weighted by Crippen LogP contribution is -2.48. The molecule has 5 heteroatoms. The standard InChI is InChI=1S/C9H18N2O3/c1-9(2,3)11(6-8(13)14)7(12)4-5-10/h4-6,10H2,1-3H3,(H,13,14). The minimum atomic E-state index is -1.01. The van der Waals surface area contributed by atoms with E-state index in [1.54, 1.807) is 20.8 Å². The summed E-state index contributed by atoms with van der Waals surface area (Å²) in [7, 11) is 0. The number of carbonyl (C=O) groups excluding carboxylic acids is 1. The van der Waals surface area contributed by atoms with Crippen LogP contribution in [-0.4, -0.2) is 40.5 Å². The maximum absolute atomic E-state index is 11.5. The molecular formula is C9H18N2O3. The molecule has 0 heterocycles. The minimum Gasteiger partial charge on any atom is -0.480 e. The Morgan fingerprint density at radius 2 is 1.86 bits per heavy atom. The Kier molecular flexibility index (Phi) is 4.56. The first-order chi connectivity index (χ1) is 6.29. The Bertz CT molecular complexity index is 221. The number of amides is 1. The highest BCUT2D eigenvalue weighted by Crippen LogP contribution is 2.13. The van der Waals surface area contributed by atoms with Crippen molar-refractivity contribution in [1.82, 2.24) is 4.90 Å². The summed E-state index contributed by atoms with van der Waals surface area (Å²) in [5, 5.41) is 8.64. The van der Waals surface area contributed by atoms with Gasteiger partial charge in [0.05, 0.1) is 0 Å². The zero-order chi connectivity index (χ0) is 11.4. The number of hydrogen-bond donors (Lipinski definition) is 2. The van der Waals surface area contributed by atoms with Crippen LogP contribution in [0.25, 0.3) is 0 Å². The summed E-state index contributed by atoms with van der Waals surface area (Å²) in [4.78, 5) is 23.4. The van der Waals surface area contributed by atoms with Crippen molar-refractivity contribution in [2.45, 2.75) is 32.7 Å². The second kappa shape index (κ2) is 4.95. The van der Waals surface area contributed by atoms with Crippen LogP contribution in [0, 0.1) is 0 Å². The van der Waals surface area contributed by atoms with Crippen LogP contribution in [0.3, 0.4) is 0 Å². The van der Waals surface area contributed by atoms with Crippen LogP contribution in [-0.2, 0) is 9.59 Å². The fraction of sp³-hybridized carbons (Fsp3) is 0.778. The summed E-state index contributed by atoms with van der Waals surface area (Å²) in [6.07, 6.45) is 0.185. The topological polar surface area (TPSA) is 83.6 Å². The van der Waals surface area contributed by atoms with Gasteiger partial charge in [-0.25, -0.2) is 0 Å². The van der Waals surface area contributed by atoms with Crippen molar-refractivity contribution in [3.8, 4) is 0 Å². The van der Waals surface area contributed by atoms with Crippen molar-refractivity contribution in [2.24, 2.45) is 5.73 Å². The first kappa shape index (κ1) is 12.9. The molecule has 0 unspecified atom stereocenters. The highest BCUT2D eigenvalue weighted by Gasteiger charge is 2.27. The van der Waals surface area contributed by atoms with Gasteiger partial charge < -0.3 is 15.7 Å². The summed E-state index contributed by atoms with van der Waals surface area (Å²) in [5.74, 6) is -1.23. The molecule has 0 saturated heterocycles. The summed E-state index contributed by atoms with van der Waals surface area (Å²) >= 11 is 0. The molecule has 0 radical (unpaired) electrons. The van der Waals surface area contributed by atoms with Gasteiger partial charge in [0.1, 0.15) is 6.54 Å². The SMILES string of the molecule is CC(C)(C)N(CC(=O)O)C(=O)CCN. The van der Waals surface area contributed by atoms with E-state index in [9.17, 15) is 9.59 Å². The van der Waals surface area contributed by atoms with Crippen LogP contribution in [0.5, 0.6) is 0 Å². The second-order valence-electron chi connectivity index (χ2n) is 4.08. The lowest BCUT2D eigenvalue weighted by molar-refractivity contribution is -0.148. The van der Waals surface area contributed by atoms with Gasteiger partial charge in [-0.3, -0.25) is 9.59 Å². The molecule has 82 valence electrons. The zero-order valence-electron chi connectivity index (χ0n) is 8.91. The average Bonchev–Trinajstić information content (AvgIpc) is 1.98. The van der Waals surface area contributed by atoms with Crippen LogP contribution in [0.1, 0.15) is 27.2 Å². The summed E-state index contributed by atoms with van der Waals surface area (Å²) in [6.45, 7) is 5.35. The van der Waals surface area contributed by atoms with Crippen molar-refractivity contribution >= 4 is 11.9 Å². The quantitative estimate of drug-likeness (QED) is 0.674. The number of rotatable bonds is 4. The minimum absolute atomic E-state index is 0.185. The monoisotopic (exact) mass is 202 g/mol. The molecule has 0 aliphatic carbocycles. The molecule has 0 rings (SSSR count). The Labute approximate surface area is 83.9 Å². The van der Waals surface area contributed by atoms with Gasteiger partial charge in [0.25, 0.3) is 0 Å². The molecule has 0 spiro atoms. The van der Waals surface area contributed by atoms with Crippen molar-refractivity contribution < 1.29 is 14.7 Å². The third kappa shape index (κ3) is 4.23. The molecule has 1 amide bonds. The third-order valence-corrected chi connectivity index (χ3v) is 1.76. The van der Waals surface area contributed by atoms with Gasteiger partial charge in [0, 0.05) is 18.5 Å². The molecule has 0 fully saturated rings. The molecule has 5 nitrogen and oxygen atoms in total. The Morgan fingerprint density at radius 1 is 1.36 bits per heavy atom. The average molecular weight is 202 g/mol. The maximum Gasteiger partial charge on any atom is 0.323 e. The molecule has 0 aromatic carbocycles. The number of nitrogens with zero attached hydrogens (tertiary/aromatic N) is 1.